The summed E-state index contributed by atoms with van der Waals surface area (Å²) in [5.41, 5.74) is -0.226. The summed E-state index contributed by atoms with van der Waals surface area (Å²) in [6.45, 7) is 2.59. The lowest BCUT2D eigenvalue weighted by Gasteiger charge is -2.38. The van der Waals surface area contributed by atoms with Crippen molar-refractivity contribution >= 4 is 29.5 Å². The van der Waals surface area contributed by atoms with E-state index < -0.39 is 29.8 Å². The highest BCUT2D eigenvalue weighted by Crippen LogP contribution is 2.50. The number of urea groups is 1. The second-order valence-electron chi connectivity index (χ2n) is 13.3. The van der Waals surface area contributed by atoms with Crippen molar-refractivity contribution in [2.75, 3.05) is 6.54 Å². The Morgan fingerprint density at radius 2 is 1.54 bits per heavy atom. The number of carbonyl (C=O) groups is 5. The Balaban J connectivity index is 1.30. The molecule has 3 saturated carbocycles. The molecule has 0 unspecified atom stereocenters. The van der Waals surface area contributed by atoms with Crippen molar-refractivity contribution in [3.8, 4) is 0 Å². The van der Waals surface area contributed by atoms with Gasteiger partial charge in [0, 0.05) is 18.1 Å². The fourth-order valence-electron chi connectivity index (χ4n) is 7.29. The first kappa shape index (κ1) is 29.8. The standard InChI is InChI=1S/C31H49N5O5/c1-2-31(16-10-7-11-17-31)35-30(41)34-24-13-9-6-4-3-5-8-12-23(26(37)28(39)32-21-14-15-21)33-27(38)25-22-18-20(22)19-36(25)29(24)40/h20-25H,2-19H2,1H3,(H,32,39)(H,33,38)(H2,34,35,41)/t20-,22-,23-,24-,25-/m0/s1. The molecule has 5 rings (SSSR count). The Hall–Kier alpha value is -2.65. The van der Waals surface area contributed by atoms with Gasteiger partial charge in [-0.2, -0.15) is 0 Å². The van der Waals surface area contributed by atoms with Crippen LogP contribution in [0, 0.1) is 11.8 Å². The van der Waals surface area contributed by atoms with E-state index in [1.807, 2.05) is 0 Å². The van der Waals surface area contributed by atoms with Crippen LogP contribution in [0.4, 0.5) is 4.79 Å². The molecule has 5 aliphatic rings. The van der Waals surface area contributed by atoms with Gasteiger partial charge in [0.2, 0.25) is 17.6 Å². The van der Waals surface area contributed by atoms with Crippen LogP contribution in [0.25, 0.3) is 0 Å². The number of hydrogen-bond donors (Lipinski definition) is 4. The third-order valence-electron chi connectivity index (χ3n) is 10.2. The summed E-state index contributed by atoms with van der Waals surface area (Å²) in [4.78, 5) is 68.2. The molecule has 41 heavy (non-hydrogen) atoms. The molecule has 0 aromatic rings. The van der Waals surface area contributed by atoms with E-state index in [1.165, 1.54) is 6.42 Å². The Morgan fingerprint density at radius 1 is 0.878 bits per heavy atom. The first-order chi connectivity index (χ1) is 19.8. The Labute approximate surface area is 243 Å². The van der Waals surface area contributed by atoms with Gasteiger partial charge < -0.3 is 26.2 Å². The van der Waals surface area contributed by atoms with E-state index in [0.717, 1.165) is 89.9 Å². The van der Waals surface area contributed by atoms with Crippen LogP contribution in [0.15, 0.2) is 0 Å². The molecule has 0 aromatic carbocycles. The summed E-state index contributed by atoms with van der Waals surface area (Å²) in [5, 5.41) is 11.9. The van der Waals surface area contributed by atoms with Crippen molar-refractivity contribution < 1.29 is 24.0 Å². The zero-order valence-electron chi connectivity index (χ0n) is 24.7. The number of nitrogens with one attached hydrogen (secondary N) is 4. The molecular formula is C31H49N5O5. The van der Waals surface area contributed by atoms with Gasteiger partial charge in [0.1, 0.15) is 12.1 Å². The van der Waals surface area contributed by atoms with E-state index in [0.29, 0.717) is 19.4 Å². The van der Waals surface area contributed by atoms with E-state index in [-0.39, 0.29) is 41.3 Å². The lowest BCUT2D eigenvalue weighted by molar-refractivity contribution is -0.143. The number of Topliss-reactive ketones (excluding diaryl/α,β-unsaturated/α-hetero) is 1. The summed E-state index contributed by atoms with van der Waals surface area (Å²) in [7, 11) is 0. The minimum absolute atomic E-state index is 0.0609. The van der Waals surface area contributed by atoms with Crippen LogP contribution < -0.4 is 21.3 Å². The maximum atomic E-state index is 14.0. The lowest BCUT2D eigenvalue weighted by Crippen LogP contribution is -2.60. The minimum Gasteiger partial charge on any atom is -0.347 e. The normalized spacial score (nSPS) is 32.3. The van der Waals surface area contributed by atoms with E-state index in [1.54, 1.807) is 4.90 Å². The number of ketones is 1. The lowest BCUT2D eigenvalue weighted by atomic mass is 9.80. The Kier molecular flexibility index (Phi) is 9.54. The molecule has 0 bridgehead atoms. The van der Waals surface area contributed by atoms with Gasteiger partial charge in [-0.1, -0.05) is 64.7 Å². The summed E-state index contributed by atoms with van der Waals surface area (Å²) in [5.74, 6) is -1.47. The molecule has 0 spiro atoms. The maximum absolute atomic E-state index is 14.0. The summed E-state index contributed by atoms with van der Waals surface area (Å²) >= 11 is 0. The van der Waals surface area contributed by atoms with Gasteiger partial charge in [-0.25, -0.2) is 4.79 Å². The smallest absolute Gasteiger partial charge is 0.315 e. The highest BCUT2D eigenvalue weighted by molar-refractivity contribution is 6.38. The Bertz CT molecular complexity index is 1010. The molecule has 2 heterocycles. The first-order valence-corrected chi connectivity index (χ1v) is 16.3. The number of carbonyl (C=O) groups excluding carboxylic acids is 5. The van der Waals surface area contributed by atoms with E-state index in [2.05, 4.69) is 28.2 Å². The highest BCUT2D eigenvalue weighted by Gasteiger charge is 2.57. The molecule has 5 atom stereocenters. The third-order valence-corrected chi connectivity index (χ3v) is 10.2. The van der Waals surface area contributed by atoms with Gasteiger partial charge >= 0.3 is 6.03 Å². The van der Waals surface area contributed by atoms with Crippen LogP contribution in [0.3, 0.4) is 0 Å². The van der Waals surface area contributed by atoms with Crippen molar-refractivity contribution in [2.24, 2.45) is 11.8 Å². The molecule has 0 aromatic heterocycles. The second-order valence-corrected chi connectivity index (χ2v) is 13.3. The van der Waals surface area contributed by atoms with Gasteiger partial charge in [-0.15, -0.1) is 0 Å². The van der Waals surface area contributed by atoms with Gasteiger partial charge in [-0.05, 0) is 63.2 Å². The van der Waals surface area contributed by atoms with Crippen LogP contribution in [-0.4, -0.2) is 70.7 Å². The van der Waals surface area contributed by atoms with Crippen molar-refractivity contribution in [3.05, 3.63) is 0 Å². The minimum atomic E-state index is -0.887. The second kappa shape index (κ2) is 13.1. The monoisotopic (exact) mass is 571 g/mol. The molecule has 4 N–H and O–H groups in total. The maximum Gasteiger partial charge on any atom is 0.315 e. The number of piperidine rings is 1. The number of amides is 5. The molecule has 2 saturated heterocycles. The topological polar surface area (TPSA) is 137 Å². The summed E-state index contributed by atoms with van der Waals surface area (Å²) in [6.07, 6.45) is 15.1. The molecular weight excluding hydrogens is 522 g/mol. The van der Waals surface area contributed by atoms with Crippen molar-refractivity contribution in [2.45, 2.75) is 146 Å². The summed E-state index contributed by atoms with van der Waals surface area (Å²) in [6, 6.07) is -2.50. The van der Waals surface area contributed by atoms with Crippen molar-refractivity contribution in [3.63, 3.8) is 0 Å². The van der Waals surface area contributed by atoms with Gasteiger partial charge in [0.25, 0.3) is 5.91 Å². The predicted octanol–water partition coefficient (Wildman–Crippen LogP) is 3.08. The first-order valence-electron chi connectivity index (χ1n) is 16.3. The van der Waals surface area contributed by atoms with Gasteiger partial charge in [0.05, 0.1) is 6.04 Å². The van der Waals surface area contributed by atoms with Crippen LogP contribution in [0.5, 0.6) is 0 Å². The molecule has 10 heteroatoms. The largest absolute Gasteiger partial charge is 0.347 e. The number of rotatable bonds is 6. The predicted molar refractivity (Wildman–Crippen MR) is 154 cm³/mol. The van der Waals surface area contributed by atoms with E-state index >= 15 is 0 Å². The summed E-state index contributed by atoms with van der Waals surface area (Å²) < 4.78 is 0. The zero-order valence-corrected chi connectivity index (χ0v) is 24.7. The molecule has 5 fully saturated rings. The number of fused-ring (bicyclic) bond motifs is 3. The highest BCUT2D eigenvalue weighted by atomic mass is 16.2. The third kappa shape index (κ3) is 7.41. The number of hydrogen-bond acceptors (Lipinski definition) is 5. The Morgan fingerprint density at radius 3 is 2.22 bits per heavy atom. The molecule has 5 amide bonds. The average Bonchev–Trinajstić information content (AvgIpc) is 3.90. The molecule has 3 aliphatic carbocycles. The fraction of sp³-hybridized carbons (Fsp3) is 0.839. The van der Waals surface area contributed by atoms with Gasteiger partial charge in [-0.3, -0.25) is 19.2 Å². The number of nitrogens with zero attached hydrogens (tertiary/aromatic N) is 1. The van der Waals surface area contributed by atoms with Crippen molar-refractivity contribution in [1.29, 1.82) is 0 Å². The molecule has 228 valence electrons. The SMILES string of the molecule is CCC1(NC(=O)N[C@H]2CCCCCCCC[C@@H](C(=O)C(=O)NC3CC3)NC(=O)[C@@H]3[C@H]4C[C@H]4CN3C2=O)CCCCC1. The van der Waals surface area contributed by atoms with E-state index in [9.17, 15) is 24.0 Å². The van der Waals surface area contributed by atoms with Crippen molar-refractivity contribution in [1.82, 2.24) is 26.2 Å². The zero-order chi connectivity index (χ0) is 29.0. The molecule has 2 aliphatic heterocycles. The quantitative estimate of drug-likeness (QED) is 0.363. The van der Waals surface area contributed by atoms with Gasteiger partial charge in [0.15, 0.2) is 0 Å². The molecule has 10 nitrogen and oxygen atoms in total. The van der Waals surface area contributed by atoms with Crippen LogP contribution >= 0.6 is 0 Å². The van der Waals surface area contributed by atoms with Crippen LogP contribution in [0.1, 0.15) is 116 Å². The fourth-order valence-corrected chi connectivity index (χ4v) is 7.29. The van der Waals surface area contributed by atoms with Crippen LogP contribution in [-0.2, 0) is 19.2 Å². The van der Waals surface area contributed by atoms with Crippen LogP contribution in [0.2, 0.25) is 0 Å². The average molecular weight is 572 g/mol. The molecule has 0 radical (unpaired) electrons. The van der Waals surface area contributed by atoms with E-state index in [4.69, 9.17) is 0 Å².